The van der Waals surface area contributed by atoms with Crippen molar-refractivity contribution in [3.05, 3.63) is 53.9 Å². The number of rotatable bonds is 3. The molecule has 2 rings (SSSR count). The maximum absolute atomic E-state index is 4.65. The molecule has 0 fully saturated rings. The summed E-state index contributed by atoms with van der Waals surface area (Å²) < 4.78 is 2.02. The molecule has 2 heteroatoms. The lowest BCUT2D eigenvalue weighted by Crippen LogP contribution is -2.03. The van der Waals surface area contributed by atoms with Crippen LogP contribution in [-0.2, 0) is 0 Å². The minimum atomic E-state index is 0.437. The largest absolute Gasteiger partial charge is 0.237 e. The fourth-order valence-corrected chi connectivity index (χ4v) is 1.91. The number of nitrogens with zero attached hydrogens (tertiary/aromatic N) is 2. The molecule has 0 spiro atoms. The molecule has 0 bridgehead atoms. The highest BCUT2D eigenvalue weighted by Crippen LogP contribution is 2.23. The van der Waals surface area contributed by atoms with Crippen LogP contribution in [0, 0.1) is 6.92 Å². The van der Waals surface area contributed by atoms with E-state index in [-0.39, 0.29) is 0 Å². The van der Waals surface area contributed by atoms with E-state index in [1.807, 2.05) is 11.6 Å². The molecule has 0 aliphatic carbocycles. The van der Waals surface area contributed by atoms with Gasteiger partial charge in [0.25, 0.3) is 0 Å². The molecule has 0 amide bonds. The van der Waals surface area contributed by atoms with Crippen molar-refractivity contribution in [2.45, 2.75) is 33.6 Å². The van der Waals surface area contributed by atoms with Crippen LogP contribution in [0.3, 0.4) is 0 Å². The van der Waals surface area contributed by atoms with Crippen LogP contribution in [0.1, 0.15) is 43.6 Å². The number of aryl methyl sites for hydroxylation is 1. The summed E-state index contributed by atoms with van der Waals surface area (Å²) in [5, 5.41) is 4.65. The van der Waals surface area contributed by atoms with Crippen molar-refractivity contribution in [1.29, 1.82) is 0 Å². The molecule has 2 nitrogen and oxygen atoms in total. The molecule has 0 saturated carbocycles. The number of hydrogen-bond donors (Lipinski definition) is 0. The molecular weight excluding hydrogens is 220 g/mol. The van der Waals surface area contributed by atoms with Gasteiger partial charge in [-0.3, -0.25) is 0 Å². The van der Waals surface area contributed by atoms with E-state index in [0.717, 1.165) is 17.0 Å². The molecule has 1 aromatic carbocycles. The molecule has 1 heterocycles. The molecule has 0 aliphatic heterocycles. The van der Waals surface area contributed by atoms with Gasteiger partial charge >= 0.3 is 0 Å². The van der Waals surface area contributed by atoms with Gasteiger partial charge in [0, 0.05) is 5.69 Å². The molecule has 94 valence electrons. The smallest absolute Gasteiger partial charge is 0.0881 e. The highest BCUT2D eigenvalue weighted by Gasteiger charge is 2.12. The Kier molecular flexibility index (Phi) is 3.37. The van der Waals surface area contributed by atoms with E-state index < -0.39 is 0 Å². The predicted molar refractivity (Wildman–Crippen MR) is 77.1 cm³/mol. The van der Waals surface area contributed by atoms with Crippen LogP contribution in [0.25, 0.3) is 11.3 Å². The fraction of sp³-hybridized carbons (Fsp3) is 0.312. The molecule has 0 atom stereocenters. The summed E-state index contributed by atoms with van der Waals surface area (Å²) in [6.07, 6.45) is 0. The Bertz CT molecular complexity index is 559. The first-order valence-corrected chi connectivity index (χ1v) is 6.32. The maximum atomic E-state index is 4.65. The van der Waals surface area contributed by atoms with Crippen LogP contribution in [0.2, 0.25) is 0 Å². The van der Waals surface area contributed by atoms with Crippen molar-refractivity contribution in [3.63, 3.8) is 0 Å². The van der Waals surface area contributed by atoms with Gasteiger partial charge in [0.2, 0.25) is 0 Å². The third kappa shape index (κ3) is 2.37. The second kappa shape index (κ2) is 4.81. The average molecular weight is 240 g/mol. The summed E-state index contributed by atoms with van der Waals surface area (Å²) in [5.74, 6) is 0.437. The molecule has 1 aromatic heterocycles. The van der Waals surface area contributed by atoms with E-state index in [4.69, 9.17) is 0 Å². The third-order valence-corrected chi connectivity index (χ3v) is 3.04. The molecule has 2 aromatic rings. The summed E-state index contributed by atoms with van der Waals surface area (Å²) >= 11 is 0. The molecule has 0 saturated heterocycles. The Morgan fingerprint density at radius 1 is 1.22 bits per heavy atom. The van der Waals surface area contributed by atoms with Crippen LogP contribution in [0.5, 0.6) is 0 Å². The van der Waals surface area contributed by atoms with Crippen molar-refractivity contribution < 1.29 is 0 Å². The van der Waals surface area contributed by atoms with Gasteiger partial charge in [-0.05, 0) is 43.5 Å². The Morgan fingerprint density at radius 3 is 2.33 bits per heavy atom. The number of hydrogen-bond acceptors (Lipinski definition) is 1. The van der Waals surface area contributed by atoms with Crippen LogP contribution in [-0.4, -0.2) is 9.78 Å². The second-order valence-corrected chi connectivity index (χ2v) is 5.14. The zero-order valence-corrected chi connectivity index (χ0v) is 11.6. The minimum Gasteiger partial charge on any atom is -0.237 e. The van der Waals surface area contributed by atoms with Crippen LogP contribution in [0.15, 0.2) is 36.9 Å². The fourth-order valence-electron chi connectivity index (χ4n) is 1.91. The average Bonchev–Trinajstić information content (AvgIpc) is 2.75. The van der Waals surface area contributed by atoms with Crippen molar-refractivity contribution in [2.24, 2.45) is 0 Å². The second-order valence-electron chi connectivity index (χ2n) is 5.14. The van der Waals surface area contributed by atoms with Crippen molar-refractivity contribution in [3.8, 4) is 5.69 Å². The van der Waals surface area contributed by atoms with Crippen LogP contribution in [0.4, 0.5) is 0 Å². The minimum absolute atomic E-state index is 0.437. The Labute approximate surface area is 109 Å². The standard InChI is InChI=1S/C16H20N2/c1-11(2)15-10-16(12(3)4)18(17-15)14-8-6-13(5)7-9-14/h6-10,12H,1H2,2-5H3. The Hall–Kier alpha value is -1.83. The van der Waals surface area contributed by atoms with Gasteiger partial charge in [0.15, 0.2) is 0 Å². The van der Waals surface area contributed by atoms with Crippen LogP contribution >= 0.6 is 0 Å². The van der Waals surface area contributed by atoms with E-state index in [1.165, 1.54) is 11.3 Å². The van der Waals surface area contributed by atoms with Gasteiger partial charge in [-0.2, -0.15) is 5.10 Å². The van der Waals surface area contributed by atoms with Crippen molar-refractivity contribution >= 4 is 5.57 Å². The number of allylic oxidation sites excluding steroid dienone is 1. The summed E-state index contributed by atoms with van der Waals surface area (Å²) in [6, 6.07) is 10.6. The van der Waals surface area contributed by atoms with E-state index in [9.17, 15) is 0 Å². The monoisotopic (exact) mass is 240 g/mol. The first-order chi connectivity index (χ1) is 8.49. The number of benzene rings is 1. The third-order valence-electron chi connectivity index (χ3n) is 3.04. The zero-order valence-electron chi connectivity index (χ0n) is 11.6. The van der Waals surface area contributed by atoms with Crippen molar-refractivity contribution in [1.82, 2.24) is 9.78 Å². The highest BCUT2D eigenvalue weighted by molar-refractivity contribution is 5.58. The molecule has 0 radical (unpaired) electrons. The van der Waals surface area contributed by atoms with Gasteiger partial charge in [0.1, 0.15) is 0 Å². The van der Waals surface area contributed by atoms with Gasteiger partial charge in [-0.1, -0.05) is 38.1 Å². The maximum Gasteiger partial charge on any atom is 0.0881 e. The predicted octanol–water partition coefficient (Wildman–Crippen LogP) is 4.34. The SMILES string of the molecule is C=C(C)c1cc(C(C)C)n(-c2ccc(C)cc2)n1. The summed E-state index contributed by atoms with van der Waals surface area (Å²) in [7, 11) is 0. The van der Waals surface area contributed by atoms with Crippen LogP contribution < -0.4 is 0 Å². The van der Waals surface area contributed by atoms with E-state index in [0.29, 0.717) is 5.92 Å². The highest BCUT2D eigenvalue weighted by atomic mass is 15.3. The van der Waals surface area contributed by atoms with Gasteiger partial charge in [0.05, 0.1) is 11.4 Å². The Balaban J connectivity index is 2.54. The topological polar surface area (TPSA) is 17.8 Å². The first-order valence-electron chi connectivity index (χ1n) is 6.32. The van der Waals surface area contributed by atoms with Gasteiger partial charge in [-0.15, -0.1) is 0 Å². The normalized spacial score (nSPS) is 10.9. The lowest BCUT2D eigenvalue weighted by atomic mass is 10.1. The van der Waals surface area contributed by atoms with Gasteiger partial charge in [-0.25, -0.2) is 4.68 Å². The molecule has 0 N–H and O–H groups in total. The summed E-state index contributed by atoms with van der Waals surface area (Å²) in [4.78, 5) is 0. The quantitative estimate of drug-likeness (QED) is 0.780. The molecule has 18 heavy (non-hydrogen) atoms. The van der Waals surface area contributed by atoms with E-state index in [2.05, 4.69) is 62.8 Å². The molecular formula is C16H20N2. The Morgan fingerprint density at radius 2 is 1.83 bits per heavy atom. The first kappa shape index (κ1) is 12.6. The van der Waals surface area contributed by atoms with Gasteiger partial charge < -0.3 is 0 Å². The van der Waals surface area contributed by atoms with E-state index in [1.54, 1.807) is 0 Å². The molecule has 0 unspecified atom stereocenters. The van der Waals surface area contributed by atoms with E-state index >= 15 is 0 Å². The molecule has 0 aliphatic rings. The lowest BCUT2D eigenvalue weighted by molar-refractivity contribution is 0.733. The summed E-state index contributed by atoms with van der Waals surface area (Å²) in [5.41, 5.74) is 5.56. The summed E-state index contributed by atoms with van der Waals surface area (Å²) in [6.45, 7) is 12.4. The van der Waals surface area contributed by atoms with Crippen molar-refractivity contribution in [2.75, 3.05) is 0 Å². The number of aromatic nitrogens is 2. The zero-order chi connectivity index (χ0) is 13.3. The lowest BCUT2D eigenvalue weighted by Gasteiger charge is -2.10.